The molecule has 1 rings (SSSR count). The molecule has 0 spiro atoms. The molecule has 0 radical (unpaired) electrons. The molecule has 0 saturated carbocycles. The summed E-state index contributed by atoms with van der Waals surface area (Å²) in [7, 11) is 3.38. The van der Waals surface area contributed by atoms with Gasteiger partial charge in [0.25, 0.3) is 0 Å². The van der Waals surface area contributed by atoms with E-state index in [1.807, 2.05) is 45.0 Å². The van der Waals surface area contributed by atoms with Gasteiger partial charge in [0.15, 0.2) is 5.96 Å². The molecule has 1 amide bonds. The third-order valence-corrected chi connectivity index (χ3v) is 3.47. The monoisotopic (exact) mass is 364 g/mol. The normalized spacial score (nSPS) is 11.8. The van der Waals surface area contributed by atoms with E-state index >= 15 is 0 Å². The van der Waals surface area contributed by atoms with Crippen LogP contribution in [0.25, 0.3) is 0 Å². The van der Waals surface area contributed by atoms with Crippen molar-refractivity contribution in [3.05, 3.63) is 24.3 Å². The molecule has 146 valence electrons. The van der Waals surface area contributed by atoms with Gasteiger partial charge in [-0.1, -0.05) is 26.8 Å². The number of guanidine groups is 1. The number of amides is 1. The predicted molar refractivity (Wildman–Crippen MR) is 106 cm³/mol. The number of hydrogen-bond acceptors (Lipinski definition) is 4. The van der Waals surface area contributed by atoms with Crippen LogP contribution in [0.3, 0.4) is 0 Å². The smallest absolute Gasteiger partial charge is 0.225 e. The molecular weight excluding hydrogens is 332 g/mol. The Balaban J connectivity index is 2.42. The third-order valence-electron chi connectivity index (χ3n) is 3.47. The summed E-state index contributed by atoms with van der Waals surface area (Å²) in [6.07, 6.45) is 0.845. The van der Waals surface area contributed by atoms with Crippen molar-refractivity contribution < 1.29 is 14.3 Å². The molecule has 0 fully saturated rings. The summed E-state index contributed by atoms with van der Waals surface area (Å²) in [5.74, 6) is 1.45. The molecule has 7 nitrogen and oxygen atoms in total. The van der Waals surface area contributed by atoms with Gasteiger partial charge < -0.3 is 25.4 Å². The van der Waals surface area contributed by atoms with Gasteiger partial charge in [-0.2, -0.15) is 0 Å². The van der Waals surface area contributed by atoms with Crippen LogP contribution in [0.15, 0.2) is 29.3 Å². The second-order valence-electron chi connectivity index (χ2n) is 6.85. The molecule has 0 heterocycles. The Morgan fingerprint density at radius 3 is 2.54 bits per heavy atom. The fourth-order valence-electron chi connectivity index (χ4n) is 1.99. The van der Waals surface area contributed by atoms with E-state index < -0.39 is 0 Å². The van der Waals surface area contributed by atoms with E-state index in [9.17, 15) is 4.79 Å². The predicted octanol–water partition coefficient (Wildman–Crippen LogP) is 2.25. The van der Waals surface area contributed by atoms with Crippen LogP contribution in [-0.2, 0) is 9.53 Å². The fourth-order valence-corrected chi connectivity index (χ4v) is 1.99. The molecule has 0 aromatic heterocycles. The molecule has 0 saturated heterocycles. The van der Waals surface area contributed by atoms with Crippen molar-refractivity contribution in [3.63, 3.8) is 0 Å². The highest BCUT2D eigenvalue weighted by molar-refractivity contribution is 5.93. The maximum Gasteiger partial charge on any atom is 0.225 e. The number of methoxy groups -OCH3 is 1. The summed E-state index contributed by atoms with van der Waals surface area (Å²) in [5, 5.41) is 9.28. The minimum atomic E-state index is -0.385. The lowest BCUT2D eigenvalue weighted by Crippen LogP contribution is -2.41. The number of nitrogens with one attached hydrogen (secondary N) is 3. The maximum atomic E-state index is 11.8. The van der Waals surface area contributed by atoms with Crippen LogP contribution >= 0.6 is 0 Å². The van der Waals surface area contributed by atoms with Gasteiger partial charge in [-0.25, -0.2) is 0 Å². The Kier molecular flexibility index (Phi) is 9.51. The van der Waals surface area contributed by atoms with Crippen molar-refractivity contribution >= 4 is 17.6 Å². The molecule has 3 N–H and O–H groups in total. The average molecular weight is 364 g/mol. The number of anilines is 1. The SMILES string of the molecule is CN=C(NCCNC(=O)C(C)(C)C)Nc1cccc(OCCCOC)c1. The summed E-state index contributed by atoms with van der Waals surface area (Å²) < 4.78 is 10.7. The first-order valence-electron chi connectivity index (χ1n) is 8.84. The van der Waals surface area contributed by atoms with Crippen LogP contribution in [0.1, 0.15) is 27.2 Å². The van der Waals surface area contributed by atoms with E-state index in [0.717, 1.165) is 17.9 Å². The Bertz CT molecular complexity index is 582. The molecule has 1 aromatic rings. The minimum Gasteiger partial charge on any atom is -0.493 e. The second kappa shape index (κ2) is 11.4. The first-order valence-corrected chi connectivity index (χ1v) is 8.84. The quantitative estimate of drug-likeness (QED) is 0.356. The highest BCUT2D eigenvalue weighted by atomic mass is 16.5. The molecule has 0 aliphatic carbocycles. The molecule has 0 aliphatic heterocycles. The van der Waals surface area contributed by atoms with E-state index in [4.69, 9.17) is 9.47 Å². The van der Waals surface area contributed by atoms with Crippen molar-refractivity contribution in [2.75, 3.05) is 45.8 Å². The number of carbonyl (C=O) groups excluding carboxylic acids is 1. The Hall–Kier alpha value is -2.28. The van der Waals surface area contributed by atoms with E-state index in [1.54, 1.807) is 14.2 Å². The van der Waals surface area contributed by atoms with Crippen LogP contribution in [0, 0.1) is 5.41 Å². The number of rotatable bonds is 9. The van der Waals surface area contributed by atoms with Gasteiger partial charge >= 0.3 is 0 Å². The van der Waals surface area contributed by atoms with Crippen LogP contribution in [0.4, 0.5) is 5.69 Å². The standard InChI is InChI=1S/C19H32N4O3/c1-19(2,3)17(24)21-10-11-22-18(20-4)23-15-8-6-9-16(14-15)26-13-7-12-25-5/h6,8-9,14H,7,10-13H2,1-5H3,(H,21,24)(H2,20,22,23). The van der Waals surface area contributed by atoms with Gasteiger partial charge in [0, 0.05) is 57.4 Å². The number of hydrogen-bond donors (Lipinski definition) is 3. The molecule has 0 bridgehead atoms. The maximum absolute atomic E-state index is 11.8. The zero-order valence-electron chi connectivity index (χ0n) is 16.5. The Labute approximate surface area is 156 Å². The van der Waals surface area contributed by atoms with E-state index in [-0.39, 0.29) is 11.3 Å². The molecular formula is C19H32N4O3. The number of carbonyl (C=O) groups is 1. The van der Waals surface area contributed by atoms with Gasteiger partial charge in [-0.3, -0.25) is 9.79 Å². The highest BCUT2D eigenvalue weighted by Gasteiger charge is 2.20. The van der Waals surface area contributed by atoms with Crippen LogP contribution in [0.5, 0.6) is 5.75 Å². The van der Waals surface area contributed by atoms with Crippen molar-refractivity contribution in [2.24, 2.45) is 10.4 Å². The molecule has 0 unspecified atom stereocenters. The first-order chi connectivity index (χ1) is 12.4. The van der Waals surface area contributed by atoms with Crippen LogP contribution < -0.4 is 20.7 Å². The van der Waals surface area contributed by atoms with Gasteiger partial charge in [0.1, 0.15) is 5.75 Å². The topological polar surface area (TPSA) is 84.0 Å². The molecule has 0 atom stereocenters. The lowest BCUT2D eigenvalue weighted by molar-refractivity contribution is -0.128. The minimum absolute atomic E-state index is 0.0283. The van der Waals surface area contributed by atoms with Gasteiger partial charge in [-0.15, -0.1) is 0 Å². The van der Waals surface area contributed by atoms with Crippen molar-refractivity contribution in [3.8, 4) is 5.75 Å². The van der Waals surface area contributed by atoms with Crippen LogP contribution in [0.2, 0.25) is 0 Å². The van der Waals surface area contributed by atoms with E-state index in [2.05, 4.69) is 20.9 Å². The fraction of sp³-hybridized carbons (Fsp3) is 0.579. The lowest BCUT2D eigenvalue weighted by atomic mass is 9.96. The summed E-state index contributed by atoms with van der Waals surface area (Å²) in [5.41, 5.74) is 0.491. The zero-order chi connectivity index (χ0) is 19.4. The van der Waals surface area contributed by atoms with E-state index in [1.165, 1.54) is 0 Å². The van der Waals surface area contributed by atoms with E-state index in [0.29, 0.717) is 32.3 Å². The van der Waals surface area contributed by atoms with Gasteiger partial charge in [0.2, 0.25) is 5.91 Å². The number of nitrogens with zero attached hydrogens (tertiary/aromatic N) is 1. The van der Waals surface area contributed by atoms with Gasteiger partial charge in [-0.05, 0) is 12.1 Å². The molecule has 7 heteroatoms. The second-order valence-corrected chi connectivity index (χ2v) is 6.85. The lowest BCUT2D eigenvalue weighted by Gasteiger charge is -2.18. The molecule has 1 aromatic carbocycles. The third kappa shape index (κ3) is 8.71. The number of benzene rings is 1. The highest BCUT2D eigenvalue weighted by Crippen LogP contribution is 2.17. The first kappa shape index (κ1) is 21.8. The largest absolute Gasteiger partial charge is 0.493 e. The molecule has 26 heavy (non-hydrogen) atoms. The summed E-state index contributed by atoms with van der Waals surface area (Å²) >= 11 is 0. The van der Waals surface area contributed by atoms with Gasteiger partial charge in [0.05, 0.1) is 6.61 Å². The van der Waals surface area contributed by atoms with Crippen LogP contribution in [-0.4, -0.2) is 52.3 Å². The average Bonchev–Trinajstić information content (AvgIpc) is 2.60. The number of aliphatic imine (C=N–C) groups is 1. The summed E-state index contributed by atoms with van der Waals surface area (Å²) in [6.45, 7) is 8.06. The Morgan fingerprint density at radius 2 is 1.88 bits per heavy atom. The summed E-state index contributed by atoms with van der Waals surface area (Å²) in [6, 6.07) is 7.69. The number of ether oxygens (including phenoxy) is 2. The van der Waals surface area contributed by atoms with Crippen molar-refractivity contribution in [1.29, 1.82) is 0 Å². The van der Waals surface area contributed by atoms with Crippen molar-refractivity contribution in [2.45, 2.75) is 27.2 Å². The Morgan fingerprint density at radius 1 is 1.15 bits per heavy atom. The van der Waals surface area contributed by atoms with Crippen molar-refractivity contribution in [1.82, 2.24) is 10.6 Å². The molecule has 0 aliphatic rings. The summed E-state index contributed by atoms with van der Waals surface area (Å²) in [4.78, 5) is 16.0. The zero-order valence-corrected chi connectivity index (χ0v) is 16.5.